The number of primary amides is 1. The van der Waals surface area contributed by atoms with Gasteiger partial charge in [0.05, 0.1) is 11.5 Å². The number of nitrogens with one attached hydrogen (secondary N) is 1. The van der Waals surface area contributed by atoms with Gasteiger partial charge in [0.15, 0.2) is 0 Å². The number of aliphatic hydroxyl groups is 1. The molecule has 7 heteroatoms. The number of hydrogen-bond acceptors (Lipinski definition) is 4. The highest BCUT2D eigenvalue weighted by molar-refractivity contribution is 5.97. The standard InChI is InChI=1S/C17H21N3O4/c18-14(22)11-2-4-12(5-3-11)15(23)20-9-6-13(21)17(10-20)7-1-8-19-16(17)24/h2-5,13,21H,1,6-10H2,(H2,18,22)(H,19,24)/t13-,17+/m0/s1. The zero-order valence-corrected chi connectivity index (χ0v) is 13.3. The lowest BCUT2D eigenvalue weighted by Crippen LogP contribution is -2.62. The lowest BCUT2D eigenvalue weighted by Gasteiger charge is -2.46. The Morgan fingerprint density at radius 2 is 1.92 bits per heavy atom. The molecular formula is C17H21N3O4. The number of carbonyl (C=O) groups is 3. The Morgan fingerprint density at radius 1 is 1.25 bits per heavy atom. The van der Waals surface area contributed by atoms with Gasteiger partial charge in [-0.05, 0) is 43.5 Å². The molecule has 128 valence electrons. The lowest BCUT2D eigenvalue weighted by atomic mass is 9.71. The zero-order chi connectivity index (χ0) is 17.3. The van der Waals surface area contributed by atoms with Crippen LogP contribution < -0.4 is 11.1 Å². The van der Waals surface area contributed by atoms with Crippen LogP contribution in [0.25, 0.3) is 0 Å². The normalized spacial score (nSPS) is 27.0. The maximum Gasteiger partial charge on any atom is 0.253 e. The van der Waals surface area contributed by atoms with E-state index in [4.69, 9.17) is 5.73 Å². The number of rotatable bonds is 2. The van der Waals surface area contributed by atoms with Gasteiger partial charge in [0, 0.05) is 30.8 Å². The van der Waals surface area contributed by atoms with E-state index in [1.807, 2.05) is 0 Å². The smallest absolute Gasteiger partial charge is 0.253 e. The quantitative estimate of drug-likeness (QED) is 0.701. The Kier molecular flexibility index (Phi) is 4.28. The van der Waals surface area contributed by atoms with E-state index in [9.17, 15) is 19.5 Å². The molecule has 2 fully saturated rings. The highest BCUT2D eigenvalue weighted by atomic mass is 16.3. The van der Waals surface area contributed by atoms with Crippen LogP contribution in [0, 0.1) is 5.41 Å². The van der Waals surface area contributed by atoms with Gasteiger partial charge in [-0.2, -0.15) is 0 Å². The molecule has 0 saturated carbocycles. The summed E-state index contributed by atoms with van der Waals surface area (Å²) in [5.74, 6) is -0.939. The third-order valence-electron chi connectivity index (χ3n) is 5.02. The van der Waals surface area contributed by atoms with Crippen molar-refractivity contribution in [2.24, 2.45) is 11.1 Å². The van der Waals surface area contributed by atoms with E-state index in [1.165, 1.54) is 12.1 Å². The Bertz CT molecular complexity index is 673. The van der Waals surface area contributed by atoms with Gasteiger partial charge in [0.1, 0.15) is 0 Å². The fourth-order valence-corrected chi connectivity index (χ4v) is 3.58. The van der Waals surface area contributed by atoms with Crippen LogP contribution in [-0.4, -0.2) is 53.5 Å². The molecule has 4 N–H and O–H groups in total. The lowest BCUT2D eigenvalue weighted by molar-refractivity contribution is -0.147. The number of likely N-dealkylation sites (tertiary alicyclic amines) is 1. The van der Waals surface area contributed by atoms with Crippen molar-refractivity contribution >= 4 is 17.7 Å². The molecule has 2 atom stereocenters. The Hall–Kier alpha value is -2.41. The van der Waals surface area contributed by atoms with Gasteiger partial charge in [-0.3, -0.25) is 14.4 Å². The van der Waals surface area contributed by atoms with Crippen molar-refractivity contribution in [1.82, 2.24) is 10.2 Å². The topological polar surface area (TPSA) is 113 Å². The molecule has 2 aliphatic heterocycles. The van der Waals surface area contributed by atoms with Crippen molar-refractivity contribution in [3.05, 3.63) is 35.4 Å². The number of nitrogens with zero attached hydrogens (tertiary/aromatic N) is 1. The van der Waals surface area contributed by atoms with Crippen LogP contribution >= 0.6 is 0 Å². The second-order valence-electron chi connectivity index (χ2n) is 6.49. The molecule has 7 nitrogen and oxygen atoms in total. The second kappa shape index (κ2) is 6.24. The molecule has 2 heterocycles. The van der Waals surface area contributed by atoms with Crippen LogP contribution in [0.1, 0.15) is 40.0 Å². The average molecular weight is 331 g/mol. The molecule has 0 unspecified atom stereocenters. The molecule has 1 aromatic carbocycles. The molecule has 2 saturated heterocycles. The molecule has 3 amide bonds. The molecule has 0 aromatic heterocycles. The zero-order valence-electron chi connectivity index (χ0n) is 13.3. The summed E-state index contributed by atoms with van der Waals surface area (Å²) in [4.78, 5) is 37.8. The van der Waals surface area contributed by atoms with Crippen molar-refractivity contribution in [2.45, 2.75) is 25.4 Å². The number of benzene rings is 1. The summed E-state index contributed by atoms with van der Waals surface area (Å²) in [7, 11) is 0. The summed E-state index contributed by atoms with van der Waals surface area (Å²) in [6.07, 6.45) is 1.00. The molecule has 3 rings (SSSR count). The Balaban J connectivity index is 1.80. The maximum absolute atomic E-state index is 12.7. The number of piperidine rings is 2. The first-order valence-corrected chi connectivity index (χ1v) is 8.09. The molecule has 2 aliphatic rings. The molecule has 0 radical (unpaired) electrons. The van der Waals surface area contributed by atoms with E-state index in [0.717, 1.165) is 6.42 Å². The number of amides is 3. The molecular weight excluding hydrogens is 310 g/mol. The van der Waals surface area contributed by atoms with Gasteiger partial charge in [-0.1, -0.05) is 0 Å². The van der Waals surface area contributed by atoms with Gasteiger partial charge >= 0.3 is 0 Å². The highest BCUT2D eigenvalue weighted by Gasteiger charge is 2.50. The van der Waals surface area contributed by atoms with E-state index in [-0.39, 0.29) is 18.4 Å². The van der Waals surface area contributed by atoms with E-state index in [2.05, 4.69) is 5.32 Å². The Morgan fingerprint density at radius 3 is 2.54 bits per heavy atom. The van der Waals surface area contributed by atoms with Crippen LogP contribution in [0.5, 0.6) is 0 Å². The summed E-state index contributed by atoms with van der Waals surface area (Å²) in [5.41, 5.74) is 5.05. The van der Waals surface area contributed by atoms with Gasteiger partial charge in [-0.15, -0.1) is 0 Å². The van der Waals surface area contributed by atoms with Crippen LogP contribution in [0.15, 0.2) is 24.3 Å². The van der Waals surface area contributed by atoms with Gasteiger partial charge in [-0.25, -0.2) is 0 Å². The van der Waals surface area contributed by atoms with Crippen molar-refractivity contribution in [1.29, 1.82) is 0 Å². The summed E-state index contributed by atoms with van der Waals surface area (Å²) < 4.78 is 0. The largest absolute Gasteiger partial charge is 0.392 e. The van der Waals surface area contributed by atoms with E-state index in [0.29, 0.717) is 37.1 Å². The third kappa shape index (κ3) is 2.75. The number of nitrogens with two attached hydrogens (primary N) is 1. The monoisotopic (exact) mass is 331 g/mol. The minimum atomic E-state index is -0.917. The fraction of sp³-hybridized carbons (Fsp3) is 0.471. The number of carbonyl (C=O) groups excluding carboxylic acids is 3. The summed E-state index contributed by atoms with van der Waals surface area (Å²) >= 11 is 0. The summed E-state index contributed by atoms with van der Waals surface area (Å²) in [5, 5.41) is 13.2. The van der Waals surface area contributed by atoms with Crippen molar-refractivity contribution in [3.63, 3.8) is 0 Å². The molecule has 24 heavy (non-hydrogen) atoms. The minimum absolute atomic E-state index is 0.178. The van der Waals surface area contributed by atoms with E-state index in [1.54, 1.807) is 17.0 Å². The van der Waals surface area contributed by atoms with Crippen LogP contribution in [0.3, 0.4) is 0 Å². The SMILES string of the molecule is NC(=O)c1ccc(C(=O)N2CC[C@H](O)[C@@]3(CCCNC3=O)C2)cc1. The van der Waals surface area contributed by atoms with Crippen LogP contribution in [0.2, 0.25) is 0 Å². The first kappa shape index (κ1) is 16.4. The fourth-order valence-electron chi connectivity index (χ4n) is 3.58. The minimum Gasteiger partial charge on any atom is -0.392 e. The van der Waals surface area contributed by atoms with Gasteiger partial charge < -0.3 is 21.1 Å². The molecule has 1 spiro atoms. The summed E-state index contributed by atoms with van der Waals surface area (Å²) in [6.45, 7) is 1.21. The Labute approximate surface area is 139 Å². The number of aliphatic hydroxyl groups excluding tert-OH is 1. The third-order valence-corrected chi connectivity index (χ3v) is 5.02. The summed E-state index contributed by atoms with van der Waals surface area (Å²) in [6, 6.07) is 6.14. The first-order chi connectivity index (χ1) is 11.4. The molecule has 1 aromatic rings. The van der Waals surface area contributed by atoms with Crippen LogP contribution in [0.4, 0.5) is 0 Å². The highest BCUT2D eigenvalue weighted by Crippen LogP contribution is 2.37. The van der Waals surface area contributed by atoms with E-state index >= 15 is 0 Å². The van der Waals surface area contributed by atoms with Crippen molar-refractivity contribution < 1.29 is 19.5 Å². The second-order valence-corrected chi connectivity index (χ2v) is 6.49. The van der Waals surface area contributed by atoms with Gasteiger partial charge in [0.2, 0.25) is 11.8 Å². The predicted octanol–water partition coefficient (Wildman–Crippen LogP) is -0.111. The first-order valence-electron chi connectivity index (χ1n) is 8.09. The van der Waals surface area contributed by atoms with Crippen molar-refractivity contribution in [2.75, 3.05) is 19.6 Å². The van der Waals surface area contributed by atoms with E-state index < -0.39 is 17.4 Å². The molecule has 0 aliphatic carbocycles. The number of hydrogen-bond donors (Lipinski definition) is 3. The molecule has 0 bridgehead atoms. The van der Waals surface area contributed by atoms with Crippen molar-refractivity contribution in [3.8, 4) is 0 Å². The predicted molar refractivity (Wildman–Crippen MR) is 86.2 cm³/mol. The van der Waals surface area contributed by atoms with Crippen LogP contribution in [-0.2, 0) is 4.79 Å². The van der Waals surface area contributed by atoms with Gasteiger partial charge in [0.25, 0.3) is 5.91 Å². The average Bonchev–Trinajstić information content (AvgIpc) is 2.59. The maximum atomic E-state index is 12.7.